The van der Waals surface area contributed by atoms with E-state index >= 15 is 0 Å². The number of esters is 1. The molecule has 4 rings (SSSR count). The molecule has 0 amide bonds. The second kappa shape index (κ2) is 8.71. The summed E-state index contributed by atoms with van der Waals surface area (Å²) in [4.78, 5) is 12.3. The SMILES string of the molecule is O=C(OCc1cc(-c2ccccc2)on1)c1cccc(OCC2CCCO2)c1. The number of carbonyl (C=O) groups is 1. The molecule has 1 aromatic heterocycles. The van der Waals surface area contributed by atoms with Gasteiger partial charge in [0.1, 0.15) is 24.7 Å². The van der Waals surface area contributed by atoms with E-state index in [9.17, 15) is 4.79 Å². The Bertz CT molecular complexity index is 915. The van der Waals surface area contributed by atoms with Gasteiger partial charge in [0.25, 0.3) is 0 Å². The standard InChI is InChI=1S/C22H21NO5/c24-22(17-8-4-9-19(12-17)26-15-20-10-5-11-25-20)27-14-18-13-21(28-23-18)16-6-2-1-3-7-16/h1-4,6-9,12-13,20H,5,10-11,14-15H2. The molecule has 0 aliphatic carbocycles. The van der Waals surface area contributed by atoms with Gasteiger partial charge in [0.05, 0.1) is 11.7 Å². The molecule has 144 valence electrons. The third kappa shape index (κ3) is 4.58. The Hall–Kier alpha value is -3.12. The molecular formula is C22H21NO5. The Balaban J connectivity index is 1.32. The fourth-order valence-electron chi connectivity index (χ4n) is 3.02. The fraction of sp³-hybridized carbons (Fsp3) is 0.273. The van der Waals surface area contributed by atoms with E-state index in [-0.39, 0.29) is 12.7 Å². The van der Waals surface area contributed by atoms with Crippen molar-refractivity contribution in [1.29, 1.82) is 0 Å². The summed E-state index contributed by atoms with van der Waals surface area (Å²) in [5.41, 5.74) is 1.90. The molecule has 1 aliphatic heterocycles. The van der Waals surface area contributed by atoms with Crippen molar-refractivity contribution >= 4 is 5.97 Å². The molecule has 6 nitrogen and oxygen atoms in total. The first-order valence-corrected chi connectivity index (χ1v) is 9.30. The number of carbonyl (C=O) groups excluding carboxylic acids is 1. The molecule has 0 spiro atoms. The van der Waals surface area contributed by atoms with Crippen molar-refractivity contribution in [1.82, 2.24) is 5.16 Å². The quantitative estimate of drug-likeness (QED) is 0.572. The number of rotatable bonds is 7. The summed E-state index contributed by atoms with van der Waals surface area (Å²) in [6, 6.07) is 18.4. The van der Waals surface area contributed by atoms with Gasteiger partial charge in [-0.3, -0.25) is 0 Å². The van der Waals surface area contributed by atoms with Crippen LogP contribution >= 0.6 is 0 Å². The Morgan fingerprint density at radius 3 is 2.82 bits per heavy atom. The van der Waals surface area contributed by atoms with Gasteiger partial charge in [-0.05, 0) is 31.0 Å². The summed E-state index contributed by atoms with van der Waals surface area (Å²) in [5, 5.41) is 3.96. The fourth-order valence-corrected chi connectivity index (χ4v) is 3.02. The van der Waals surface area contributed by atoms with Crippen LogP contribution in [-0.2, 0) is 16.1 Å². The number of hydrogen-bond donors (Lipinski definition) is 0. The van der Waals surface area contributed by atoms with E-state index in [4.69, 9.17) is 18.7 Å². The van der Waals surface area contributed by atoms with Gasteiger partial charge in [0, 0.05) is 18.2 Å². The van der Waals surface area contributed by atoms with Gasteiger partial charge in [-0.1, -0.05) is 41.6 Å². The summed E-state index contributed by atoms with van der Waals surface area (Å²) >= 11 is 0. The van der Waals surface area contributed by atoms with Crippen LogP contribution in [0.15, 0.2) is 65.2 Å². The molecule has 0 saturated carbocycles. The lowest BCUT2D eigenvalue weighted by molar-refractivity contribution is 0.0463. The first kappa shape index (κ1) is 18.3. The zero-order valence-corrected chi connectivity index (χ0v) is 15.4. The average Bonchev–Trinajstić information content (AvgIpc) is 3.43. The van der Waals surface area contributed by atoms with Crippen LogP contribution in [0.2, 0.25) is 0 Å². The highest BCUT2D eigenvalue weighted by Crippen LogP contribution is 2.21. The molecule has 1 atom stereocenters. The minimum absolute atomic E-state index is 0.0379. The van der Waals surface area contributed by atoms with Crippen molar-refractivity contribution in [2.75, 3.05) is 13.2 Å². The van der Waals surface area contributed by atoms with Crippen LogP contribution in [0, 0.1) is 0 Å². The molecular weight excluding hydrogens is 358 g/mol. The van der Waals surface area contributed by atoms with Crippen LogP contribution in [0.3, 0.4) is 0 Å². The summed E-state index contributed by atoms with van der Waals surface area (Å²) in [5.74, 6) is 0.820. The second-order valence-electron chi connectivity index (χ2n) is 6.60. The Kier molecular flexibility index (Phi) is 5.68. The minimum Gasteiger partial charge on any atom is -0.491 e. The van der Waals surface area contributed by atoms with E-state index in [0.717, 1.165) is 25.0 Å². The predicted octanol–water partition coefficient (Wildman–Crippen LogP) is 4.26. The Morgan fingerprint density at radius 2 is 2.00 bits per heavy atom. The number of aromatic nitrogens is 1. The highest BCUT2D eigenvalue weighted by atomic mass is 16.5. The van der Waals surface area contributed by atoms with Gasteiger partial charge < -0.3 is 18.7 Å². The first-order chi connectivity index (χ1) is 13.8. The molecule has 0 radical (unpaired) electrons. The normalized spacial score (nSPS) is 16.1. The zero-order chi connectivity index (χ0) is 19.2. The largest absolute Gasteiger partial charge is 0.491 e. The van der Waals surface area contributed by atoms with Crippen molar-refractivity contribution in [3.8, 4) is 17.1 Å². The number of benzene rings is 2. The van der Waals surface area contributed by atoms with Gasteiger partial charge in [0.15, 0.2) is 5.76 Å². The third-order valence-corrected chi connectivity index (χ3v) is 4.50. The van der Waals surface area contributed by atoms with Crippen molar-refractivity contribution in [2.24, 2.45) is 0 Å². The minimum atomic E-state index is -0.438. The molecule has 1 aliphatic rings. The van der Waals surface area contributed by atoms with Gasteiger partial charge in [-0.15, -0.1) is 0 Å². The van der Waals surface area contributed by atoms with E-state index in [0.29, 0.717) is 29.4 Å². The third-order valence-electron chi connectivity index (χ3n) is 4.50. The van der Waals surface area contributed by atoms with Crippen LogP contribution in [0.1, 0.15) is 28.9 Å². The molecule has 0 bridgehead atoms. The maximum atomic E-state index is 12.3. The lowest BCUT2D eigenvalue weighted by Crippen LogP contribution is -2.16. The lowest BCUT2D eigenvalue weighted by Gasteiger charge is -2.12. The molecule has 0 N–H and O–H groups in total. The Labute approximate surface area is 163 Å². The predicted molar refractivity (Wildman–Crippen MR) is 102 cm³/mol. The van der Waals surface area contributed by atoms with Gasteiger partial charge in [-0.25, -0.2) is 4.79 Å². The molecule has 1 saturated heterocycles. The van der Waals surface area contributed by atoms with E-state index in [2.05, 4.69) is 5.16 Å². The lowest BCUT2D eigenvalue weighted by atomic mass is 10.2. The van der Waals surface area contributed by atoms with Crippen LogP contribution < -0.4 is 4.74 Å². The van der Waals surface area contributed by atoms with E-state index in [1.165, 1.54) is 0 Å². The molecule has 6 heteroatoms. The van der Waals surface area contributed by atoms with E-state index < -0.39 is 5.97 Å². The highest BCUT2D eigenvalue weighted by Gasteiger charge is 2.17. The summed E-state index contributed by atoms with van der Waals surface area (Å²) in [6.07, 6.45) is 2.19. The van der Waals surface area contributed by atoms with Gasteiger partial charge in [0.2, 0.25) is 0 Å². The van der Waals surface area contributed by atoms with Crippen molar-refractivity contribution in [2.45, 2.75) is 25.6 Å². The van der Waals surface area contributed by atoms with Crippen molar-refractivity contribution in [3.05, 3.63) is 71.9 Å². The van der Waals surface area contributed by atoms with Gasteiger partial charge in [-0.2, -0.15) is 0 Å². The van der Waals surface area contributed by atoms with Crippen LogP contribution in [0.5, 0.6) is 5.75 Å². The second-order valence-corrected chi connectivity index (χ2v) is 6.60. The molecule has 3 aromatic rings. The summed E-state index contributed by atoms with van der Waals surface area (Å²) < 4.78 is 21.9. The van der Waals surface area contributed by atoms with E-state index in [1.54, 1.807) is 24.3 Å². The maximum absolute atomic E-state index is 12.3. The zero-order valence-electron chi connectivity index (χ0n) is 15.4. The number of hydrogen-bond acceptors (Lipinski definition) is 6. The average molecular weight is 379 g/mol. The monoisotopic (exact) mass is 379 g/mol. The number of ether oxygens (including phenoxy) is 3. The van der Waals surface area contributed by atoms with Crippen LogP contribution in [0.4, 0.5) is 0 Å². The molecule has 1 unspecified atom stereocenters. The molecule has 2 heterocycles. The highest BCUT2D eigenvalue weighted by molar-refractivity contribution is 5.89. The van der Waals surface area contributed by atoms with Crippen molar-refractivity contribution in [3.63, 3.8) is 0 Å². The van der Waals surface area contributed by atoms with Crippen LogP contribution in [0.25, 0.3) is 11.3 Å². The molecule has 2 aromatic carbocycles. The summed E-state index contributed by atoms with van der Waals surface area (Å²) in [7, 11) is 0. The van der Waals surface area contributed by atoms with E-state index in [1.807, 2.05) is 36.4 Å². The Morgan fingerprint density at radius 1 is 1.11 bits per heavy atom. The number of nitrogens with zero attached hydrogens (tertiary/aromatic N) is 1. The molecule has 28 heavy (non-hydrogen) atoms. The first-order valence-electron chi connectivity index (χ1n) is 9.30. The van der Waals surface area contributed by atoms with Crippen LogP contribution in [-0.4, -0.2) is 30.4 Å². The maximum Gasteiger partial charge on any atom is 0.338 e. The topological polar surface area (TPSA) is 70.8 Å². The summed E-state index contributed by atoms with van der Waals surface area (Å²) in [6.45, 7) is 1.31. The smallest absolute Gasteiger partial charge is 0.338 e. The van der Waals surface area contributed by atoms with Crippen molar-refractivity contribution < 1.29 is 23.5 Å². The molecule has 1 fully saturated rings. The van der Waals surface area contributed by atoms with Gasteiger partial charge >= 0.3 is 5.97 Å².